The number of aliphatic hydroxyl groups is 3. The molecule has 0 saturated heterocycles. The third-order valence-corrected chi connectivity index (χ3v) is 8.95. The first-order chi connectivity index (χ1) is 18.9. The van der Waals surface area contributed by atoms with Gasteiger partial charge in [-0.25, -0.2) is 8.42 Å². The van der Waals surface area contributed by atoms with E-state index in [1.54, 1.807) is 25.1 Å². The molecule has 1 aromatic carbocycles. The molecule has 0 unspecified atom stereocenters. The Bertz CT molecular complexity index is 1610. The summed E-state index contributed by atoms with van der Waals surface area (Å²) in [6.07, 6.45) is 1.20. The third kappa shape index (κ3) is 4.75. The van der Waals surface area contributed by atoms with E-state index in [1.807, 2.05) is 0 Å². The number of hydrogen-bond acceptors (Lipinski definition) is 11. The molecule has 3 aliphatic carbocycles. The van der Waals surface area contributed by atoms with Crippen LogP contribution < -0.4 is 10.6 Å². The summed E-state index contributed by atoms with van der Waals surface area (Å²) in [5.74, 6) is -2.06. The van der Waals surface area contributed by atoms with Crippen molar-refractivity contribution < 1.29 is 43.2 Å². The van der Waals surface area contributed by atoms with Gasteiger partial charge in [-0.15, -0.1) is 0 Å². The molecule has 0 bridgehead atoms. The molecule has 1 saturated carbocycles. The van der Waals surface area contributed by atoms with Gasteiger partial charge < -0.3 is 31.1 Å². The molecule has 3 aliphatic rings. The number of carbonyl (C=O) groups excluding carboxylic acids is 3. The maximum absolute atomic E-state index is 14.0. The summed E-state index contributed by atoms with van der Waals surface area (Å²) in [4.78, 5) is 42.5. The van der Waals surface area contributed by atoms with Gasteiger partial charge in [0.25, 0.3) is 5.91 Å². The number of aromatic hydroxyl groups is 1. The maximum Gasteiger partial charge on any atom is 0.255 e. The zero-order chi connectivity index (χ0) is 30.8. The van der Waals surface area contributed by atoms with Crippen LogP contribution in [0.3, 0.4) is 0 Å². The van der Waals surface area contributed by atoms with Crippen molar-refractivity contribution in [1.29, 1.82) is 0 Å². The highest BCUT2D eigenvalue weighted by Crippen LogP contribution is 2.54. The van der Waals surface area contributed by atoms with Gasteiger partial charge >= 0.3 is 0 Å². The molecule has 4 atom stereocenters. The number of nitrogens with zero attached hydrogens (tertiary/aromatic N) is 2. The summed E-state index contributed by atoms with van der Waals surface area (Å²) in [5, 5.41) is 45.3. The van der Waals surface area contributed by atoms with Crippen molar-refractivity contribution in [2.75, 3.05) is 45.1 Å². The highest BCUT2D eigenvalue weighted by molar-refractivity contribution is 7.90. The second-order valence-corrected chi connectivity index (χ2v) is 13.4. The van der Waals surface area contributed by atoms with Crippen LogP contribution in [0.2, 0.25) is 0 Å². The number of hydrogen-bond donors (Lipinski definition) is 5. The second kappa shape index (κ2) is 10.2. The Labute approximate surface area is 237 Å². The van der Waals surface area contributed by atoms with E-state index < -0.39 is 73.6 Å². The number of rotatable bonds is 5. The van der Waals surface area contributed by atoms with E-state index in [9.17, 15) is 43.2 Å². The van der Waals surface area contributed by atoms with Gasteiger partial charge in [-0.1, -0.05) is 11.8 Å². The van der Waals surface area contributed by atoms with Crippen molar-refractivity contribution >= 4 is 38.8 Å². The molecule has 220 valence electrons. The van der Waals surface area contributed by atoms with Crippen LogP contribution >= 0.6 is 0 Å². The molecule has 1 amide bonds. The van der Waals surface area contributed by atoms with Gasteiger partial charge in [0.2, 0.25) is 5.78 Å². The number of aliphatic hydroxyl groups excluding tert-OH is 2. The average Bonchev–Trinajstić information content (AvgIpc) is 2.83. The third-order valence-electron chi connectivity index (χ3n) is 8.00. The Hall–Kier alpha value is -3.86. The highest BCUT2D eigenvalue weighted by atomic mass is 32.2. The Kier molecular flexibility index (Phi) is 7.49. The van der Waals surface area contributed by atoms with Gasteiger partial charge in [-0.2, -0.15) is 0 Å². The number of sulfone groups is 1. The van der Waals surface area contributed by atoms with Crippen LogP contribution in [0.1, 0.15) is 29.5 Å². The minimum Gasteiger partial charge on any atom is -0.508 e. The van der Waals surface area contributed by atoms with Crippen molar-refractivity contribution in [3.8, 4) is 17.6 Å². The van der Waals surface area contributed by atoms with E-state index in [-0.39, 0.29) is 41.7 Å². The molecule has 0 radical (unpaired) electrons. The summed E-state index contributed by atoms with van der Waals surface area (Å²) < 4.78 is 22.9. The number of phenols is 1. The van der Waals surface area contributed by atoms with Gasteiger partial charge in [-0.3, -0.25) is 19.3 Å². The van der Waals surface area contributed by atoms with Crippen molar-refractivity contribution in [2.45, 2.75) is 30.9 Å². The minimum absolute atomic E-state index is 0.00821. The lowest BCUT2D eigenvalue weighted by Crippen LogP contribution is -2.65. The summed E-state index contributed by atoms with van der Waals surface area (Å²) in [7, 11) is 3.30. The Morgan fingerprint density at radius 2 is 1.80 bits per heavy atom. The Morgan fingerprint density at radius 1 is 1.17 bits per heavy atom. The normalized spacial score (nSPS) is 25.8. The molecule has 0 aliphatic heterocycles. The molecule has 41 heavy (non-hydrogen) atoms. The largest absolute Gasteiger partial charge is 0.508 e. The van der Waals surface area contributed by atoms with Crippen LogP contribution in [0.25, 0.3) is 5.76 Å². The first-order valence-electron chi connectivity index (χ1n) is 12.8. The van der Waals surface area contributed by atoms with Gasteiger partial charge in [0.15, 0.2) is 11.4 Å². The SMILES string of the molecule is CN(C)c1cc(C#CCCS(C)(=O)=O)c(O)c2c1C[C@H]1C[C@H]3[C@H](N(C)C)C(=O)C(C(N)=O)=C(O)[C@@]3(O)C(=O)C1=C2O. The van der Waals surface area contributed by atoms with Crippen LogP contribution in [0.15, 0.2) is 23.0 Å². The number of likely N-dealkylation sites (N-methyl/N-ethyl adjacent to an activating group) is 1. The van der Waals surface area contributed by atoms with Crippen LogP contribution in [0.4, 0.5) is 5.69 Å². The number of anilines is 1. The van der Waals surface area contributed by atoms with Gasteiger partial charge in [0.1, 0.15) is 32.7 Å². The quantitative estimate of drug-likeness (QED) is 0.226. The average molecular weight is 588 g/mol. The number of primary amides is 1. The van der Waals surface area contributed by atoms with E-state index >= 15 is 0 Å². The fraction of sp³-hybridized carbons (Fsp3) is 0.464. The molecule has 13 heteroatoms. The summed E-state index contributed by atoms with van der Waals surface area (Å²) in [6.45, 7) is 0. The number of benzene rings is 1. The van der Waals surface area contributed by atoms with Crippen LogP contribution in [-0.4, -0.2) is 103 Å². The topological polar surface area (TPSA) is 199 Å². The fourth-order valence-corrected chi connectivity index (χ4v) is 6.65. The molecule has 1 fully saturated rings. The first-order valence-corrected chi connectivity index (χ1v) is 14.9. The Morgan fingerprint density at radius 3 is 2.34 bits per heavy atom. The lowest BCUT2D eigenvalue weighted by molar-refractivity contribution is -0.153. The molecule has 1 aromatic rings. The molecule has 12 nitrogen and oxygen atoms in total. The summed E-state index contributed by atoms with van der Waals surface area (Å²) >= 11 is 0. The molecule has 0 spiro atoms. The highest BCUT2D eigenvalue weighted by Gasteiger charge is 2.64. The lowest BCUT2D eigenvalue weighted by atomic mass is 9.57. The molecular formula is C28H33N3O9S. The predicted octanol–water partition coefficient (Wildman–Crippen LogP) is -0.184. The predicted molar refractivity (Wildman–Crippen MR) is 150 cm³/mol. The smallest absolute Gasteiger partial charge is 0.255 e. The fourth-order valence-electron chi connectivity index (χ4n) is 6.18. The number of Topliss-reactive ketones (excluding diaryl/α,β-unsaturated/α-hetero) is 2. The van der Waals surface area contributed by atoms with Crippen molar-refractivity contribution in [2.24, 2.45) is 17.6 Å². The zero-order valence-electron chi connectivity index (χ0n) is 23.3. The molecule has 4 rings (SSSR count). The molecule has 0 heterocycles. The standard InChI is InChI=1S/C28H33N3O9S/c1-30(2)17-12-13(8-6-7-9-41(5,39)40)22(32)19-15(17)10-14-11-16-21(31(3)4)24(34)20(27(29)37)26(36)28(16,38)25(35)18(14)23(19)33/h12,14,16,21,32-33,36,38H,7,9-11H2,1-5H3,(H2,29,37)/t14-,16-,21-,28-/m0/s1. The Balaban J connectivity index is 1.94. The number of nitrogens with two attached hydrogens (primary N) is 1. The van der Waals surface area contributed by atoms with Crippen molar-refractivity contribution in [3.05, 3.63) is 39.7 Å². The summed E-state index contributed by atoms with van der Waals surface area (Å²) in [5.41, 5.74) is 2.56. The number of phenolic OH excluding ortho intramolecular Hbond substituents is 1. The lowest BCUT2D eigenvalue weighted by Gasteiger charge is -2.50. The number of amides is 1. The summed E-state index contributed by atoms with van der Waals surface area (Å²) in [6, 6.07) is 0.431. The van der Waals surface area contributed by atoms with Crippen molar-refractivity contribution in [1.82, 2.24) is 4.90 Å². The number of ketones is 2. The van der Waals surface area contributed by atoms with E-state index in [2.05, 4.69) is 11.8 Å². The zero-order valence-corrected chi connectivity index (χ0v) is 24.2. The first kappa shape index (κ1) is 30.1. The monoisotopic (exact) mass is 587 g/mol. The second-order valence-electron chi connectivity index (χ2n) is 11.2. The van der Waals surface area contributed by atoms with E-state index in [0.717, 1.165) is 6.26 Å². The van der Waals surface area contributed by atoms with Gasteiger partial charge in [0, 0.05) is 44.0 Å². The van der Waals surface area contributed by atoms with E-state index in [0.29, 0.717) is 11.3 Å². The maximum atomic E-state index is 14.0. The van der Waals surface area contributed by atoms with E-state index in [4.69, 9.17) is 5.73 Å². The van der Waals surface area contributed by atoms with Crippen molar-refractivity contribution in [3.63, 3.8) is 0 Å². The number of carbonyl (C=O) groups is 3. The van der Waals surface area contributed by atoms with E-state index in [1.165, 1.54) is 19.0 Å². The van der Waals surface area contributed by atoms with Crippen LogP contribution in [0.5, 0.6) is 5.75 Å². The molecular weight excluding hydrogens is 554 g/mol. The van der Waals surface area contributed by atoms with Crippen LogP contribution in [-0.2, 0) is 30.6 Å². The molecule has 0 aromatic heterocycles. The molecule has 6 N–H and O–H groups in total. The number of fused-ring (bicyclic) bond motifs is 3. The van der Waals surface area contributed by atoms with Gasteiger partial charge in [-0.05, 0) is 44.5 Å². The van der Waals surface area contributed by atoms with Crippen LogP contribution in [0, 0.1) is 23.7 Å². The van der Waals surface area contributed by atoms with Gasteiger partial charge in [0.05, 0.1) is 22.9 Å². The minimum atomic E-state index is -3.25.